The van der Waals surface area contributed by atoms with E-state index < -0.39 is 0 Å². The number of imidazole rings is 1. The summed E-state index contributed by atoms with van der Waals surface area (Å²) in [5, 5.41) is 2.94. The number of fused-ring (bicyclic) bond motifs is 2. The molecule has 8 nitrogen and oxygen atoms in total. The molecule has 1 atom stereocenters. The summed E-state index contributed by atoms with van der Waals surface area (Å²) < 4.78 is 0. The highest BCUT2D eigenvalue weighted by Gasteiger charge is 2.27. The molecule has 0 spiro atoms. The number of carbonyl (C=O) groups is 1. The predicted molar refractivity (Wildman–Crippen MR) is 135 cm³/mol. The third-order valence-corrected chi connectivity index (χ3v) is 6.60. The van der Waals surface area contributed by atoms with Gasteiger partial charge in [-0.25, -0.2) is 4.98 Å². The van der Waals surface area contributed by atoms with Crippen molar-refractivity contribution in [2.45, 2.75) is 44.7 Å². The highest BCUT2D eigenvalue weighted by Crippen LogP contribution is 2.33. The van der Waals surface area contributed by atoms with E-state index in [0.717, 1.165) is 62.1 Å². The minimum atomic E-state index is -0.218. The minimum absolute atomic E-state index is 0.175. The normalized spacial score (nSPS) is 15.3. The molecule has 1 aliphatic carbocycles. The first-order valence-electron chi connectivity index (χ1n) is 12.3. The van der Waals surface area contributed by atoms with Gasteiger partial charge in [-0.15, -0.1) is 0 Å². The lowest BCUT2D eigenvalue weighted by Gasteiger charge is -2.34. The summed E-state index contributed by atoms with van der Waals surface area (Å²) in [5.41, 5.74) is 4.79. The zero-order chi connectivity index (χ0) is 24.0. The van der Waals surface area contributed by atoms with Crippen molar-refractivity contribution in [1.29, 1.82) is 0 Å². The van der Waals surface area contributed by atoms with Gasteiger partial charge in [0.15, 0.2) is 0 Å². The predicted octanol–water partition coefficient (Wildman–Crippen LogP) is 3.74. The standard InChI is InChI=1S/C27H30N6O2/c34-25-13-12-20(17-30-25)27(35)29-14-3-4-16-33(18-24-31-21-9-1-2-10-22(21)32-24)23-11-5-7-19-8-6-15-28-26(19)23/h1-2,6,8-10,12-13,15,17,23H,3-5,7,11,14,16,18H2,(H,29,35)(H,30,34)(H,31,32). The molecule has 1 amide bonds. The number of aromatic nitrogens is 4. The number of pyridine rings is 2. The number of aryl methyl sites for hydroxylation is 1. The molecule has 1 unspecified atom stereocenters. The number of aromatic amines is 2. The fraction of sp³-hybridized carbons (Fsp3) is 0.333. The second-order valence-corrected chi connectivity index (χ2v) is 9.03. The number of benzene rings is 1. The number of amides is 1. The molecule has 0 fully saturated rings. The molecular weight excluding hydrogens is 440 g/mol. The Labute approximate surface area is 203 Å². The van der Waals surface area contributed by atoms with Gasteiger partial charge in [0.05, 0.1) is 34.9 Å². The Balaban J connectivity index is 1.24. The SMILES string of the molecule is O=C(NCCCCN(Cc1nc2ccccc2[nH]1)C1CCCc2cccnc21)c1ccc(=O)[nH]c1. The maximum atomic E-state index is 12.3. The van der Waals surface area contributed by atoms with Crippen molar-refractivity contribution >= 4 is 16.9 Å². The molecule has 0 saturated heterocycles. The zero-order valence-corrected chi connectivity index (χ0v) is 19.7. The van der Waals surface area contributed by atoms with Crippen molar-refractivity contribution in [3.63, 3.8) is 0 Å². The molecule has 35 heavy (non-hydrogen) atoms. The number of para-hydroxylation sites is 2. The molecule has 0 bridgehead atoms. The van der Waals surface area contributed by atoms with Crippen LogP contribution in [0.15, 0.2) is 65.7 Å². The van der Waals surface area contributed by atoms with Gasteiger partial charge in [0.1, 0.15) is 5.82 Å². The monoisotopic (exact) mass is 470 g/mol. The molecule has 3 aromatic heterocycles. The van der Waals surface area contributed by atoms with Crippen molar-refractivity contribution in [2.75, 3.05) is 13.1 Å². The Bertz CT molecular complexity index is 1310. The molecule has 4 aromatic rings. The topological polar surface area (TPSA) is 107 Å². The Morgan fingerprint density at radius 2 is 2.03 bits per heavy atom. The largest absolute Gasteiger partial charge is 0.352 e. The fourth-order valence-corrected chi connectivity index (χ4v) is 4.85. The molecule has 5 rings (SSSR count). The number of H-pyrrole nitrogens is 2. The van der Waals surface area contributed by atoms with Crippen LogP contribution < -0.4 is 10.9 Å². The second-order valence-electron chi connectivity index (χ2n) is 9.03. The van der Waals surface area contributed by atoms with Gasteiger partial charge in [0.25, 0.3) is 5.91 Å². The first-order chi connectivity index (χ1) is 17.2. The van der Waals surface area contributed by atoms with Crippen LogP contribution in [0.5, 0.6) is 0 Å². The van der Waals surface area contributed by atoms with Crippen LogP contribution in [0.4, 0.5) is 0 Å². The van der Waals surface area contributed by atoms with Gasteiger partial charge in [-0.3, -0.25) is 19.5 Å². The maximum Gasteiger partial charge on any atom is 0.252 e. The van der Waals surface area contributed by atoms with Crippen LogP contribution in [-0.4, -0.2) is 43.8 Å². The van der Waals surface area contributed by atoms with Crippen molar-refractivity contribution in [3.05, 3.63) is 93.9 Å². The number of nitrogens with one attached hydrogen (secondary N) is 3. The van der Waals surface area contributed by atoms with E-state index in [1.807, 2.05) is 30.5 Å². The Morgan fingerprint density at radius 3 is 2.89 bits per heavy atom. The van der Waals surface area contributed by atoms with Gasteiger partial charge in [-0.1, -0.05) is 18.2 Å². The van der Waals surface area contributed by atoms with E-state index in [4.69, 9.17) is 9.97 Å². The van der Waals surface area contributed by atoms with E-state index in [2.05, 4.69) is 32.3 Å². The smallest absolute Gasteiger partial charge is 0.252 e. The molecule has 0 radical (unpaired) electrons. The number of unbranched alkanes of at least 4 members (excludes halogenated alkanes) is 1. The third kappa shape index (κ3) is 5.49. The lowest BCUT2D eigenvalue weighted by molar-refractivity contribution is 0.0951. The first-order valence-corrected chi connectivity index (χ1v) is 12.3. The van der Waals surface area contributed by atoms with Crippen LogP contribution in [0.25, 0.3) is 11.0 Å². The van der Waals surface area contributed by atoms with Crippen molar-refractivity contribution in [3.8, 4) is 0 Å². The zero-order valence-electron chi connectivity index (χ0n) is 19.7. The van der Waals surface area contributed by atoms with Gasteiger partial charge in [-0.2, -0.15) is 0 Å². The summed E-state index contributed by atoms with van der Waals surface area (Å²) >= 11 is 0. The third-order valence-electron chi connectivity index (χ3n) is 6.60. The average Bonchev–Trinajstić information content (AvgIpc) is 3.30. The summed E-state index contributed by atoms with van der Waals surface area (Å²) in [4.78, 5) is 41.6. The van der Waals surface area contributed by atoms with E-state index >= 15 is 0 Å². The van der Waals surface area contributed by atoms with Crippen molar-refractivity contribution in [1.82, 2.24) is 30.2 Å². The van der Waals surface area contributed by atoms with Crippen LogP contribution in [0.2, 0.25) is 0 Å². The average molecular weight is 471 g/mol. The van der Waals surface area contributed by atoms with Gasteiger partial charge in [0, 0.05) is 25.0 Å². The summed E-state index contributed by atoms with van der Waals surface area (Å²) in [6.45, 7) is 2.18. The van der Waals surface area contributed by atoms with E-state index in [1.165, 1.54) is 29.6 Å². The summed E-state index contributed by atoms with van der Waals surface area (Å²) in [5.74, 6) is 0.784. The molecule has 1 aliphatic rings. The Kier molecular flexibility index (Phi) is 6.99. The van der Waals surface area contributed by atoms with Crippen LogP contribution in [-0.2, 0) is 13.0 Å². The van der Waals surface area contributed by atoms with E-state index in [-0.39, 0.29) is 17.5 Å². The minimum Gasteiger partial charge on any atom is -0.352 e. The van der Waals surface area contributed by atoms with Gasteiger partial charge < -0.3 is 15.3 Å². The molecule has 0 saturated carbocycles. The second kappa shape index (κ2) is 10.7. The maximum absolute atomic E-state index is 12.3. The number of carbonyl (C=O) groups excluding carboxylic acids is 1. The number of hydrogen-bond acceptors (Lipinski definition) is 5. The number of rotatable bonds is 9. The highest BCUT2D eigenvalue weighted by molar-refractivity contribution is 5.93. The van der Waals surface area contributed by atoms with Crippen LogP contribution in [0, 0.1) is 0 Å². The van der Waals surface area contributed by atoms with Crippen LogP contribution in [0.1, 0.15) is 59.2 Å². The summed E-state index contributed by atoms with van der Waals surface area (Å²) in [6.07, 6.45) is 8.43. The van der Waals surface area contributed by atoms with Crippen LogP contribution >= 0.6 is 0 Å². The summed E-state index contributed by atoms with van der Waals surface area (Å²) in [6, 6.07) is 15.5. The fourth-order valence-electron chi connectivity index (χ4n) is 4.85. The quantitative estimate of drug-likeness (QED) is 0.323. The van der Waals surface area contributed by atoms with Gasteiger partial charge >= 0.3 is 0 Å². The van der Waals surface area contributed by atoms with Crippen LogP contribution in [0.3, 0.4) is 0 Å². The number of hydrogen-bond donors (Lipinski definition) is 3. The first kappa shape index (κ1) is 23.0. The van der Waals surface area contributed by atoms with Gasteiger partial charge in [-0.05, 0) is 68.5 Å². The molecule has 0 aliphatic heterocycles. The molecule has 8 heteroatoms. The van der Waals surface area contributed by atoms with Crippen molar-refractivity contribution in [2.24, 2.45) is 0 Å². The van der Waals surface area contributed by atoms with E-state index in [0.29, 0.717) is 12.1 Å². The molecule has 180 valence electrons. The van der Waals surface area contributed by atoms with Gasteiger partial charge in [0.2, 0.25) is 5.56 Å². The lowest BCUT2D eigenvalue weighted by Crippen LogP contribution is -2.33. The Hall–Kier alpha value is -3.78. The molecular formula is C27H30N6O2. The van der Waals surface area contributed by atoms with Crippen molar-refractivity contribution < 1.29 is 4.79 Å². The van der Waals surface area contributed by atoms with E-state index in [9.17, 15) is 9.59 Å². The molecule has 3 N–H and O–H groups in total. The Morgan fingerprint density at radius 1 is 1.11 bits per heavy atom. The molecule has 3 heterocycles. The number of nitrogens with zero attached hydrogens (tertiary/aromatic N) is 3. The summed E-state index contributed by atoms with van der Waals surface area (Å²) in [7, 11) is 0. The molecule has 1 aromatic carbocycles. The highest BCUT2D eigenvalue weighted by atomic mass is 16.1. The lowest BCUT2D eigenvalue weighted by atomic mass is 9.90. The van der Waals surface area contributed by atoms with E-state index in [1.54, 1.807) is 0 Å².